The quantitative estimate of drug-likeness (QED) is 0.739. The Balaban J connectivity index is 2.13. The van der Waals surface area contributed by atoms with Gasteiger partial charge in [-0.1, -0.05) is 56.0 Å². The summed E-state index contributed by atoms with van der Waals surface area (Å²) in [6.45, 7) is 0. The molecule has 0 radical (unpaired) electrons. The highest BCUT2D eigenvalue weighted by molar-refractivity contribution is 5.90. The number of benzene rings is 1. The van der Waals surface area contributed by atoms with Crippen molar-refractivity contribution in [2.24, 2.45) is 5.73 Å². The van der Waals surface area contributed by atoms with Crippen molar-refractivity contribution in [2.45, 2.75) is 50.1 Å². The van der Waals surface area contributed by atoms with Gasteiger partial charge in [0.15, 0.2) is 0 Å². The highest BCUT2D eigenvalue weighted by atomic mass is 16.4. The van der Waals surface area contributed by atoms with Crippen LogP contribution in [0.2, 0.25) is 0 Å². The summed E-state index contributed by atoms with van der Waals surface area (Å²) >= 11 is 0. The number of hydrogen-bond acceptors (Lipinski definition) is 3. The number of amides is 1. The molecule has 0 bridgehead atoms. The van der Waals surface area contributed by atoms with E-state index in [-0.39, 0.29) is 0 Å². The van der Waals surface area contributed by atoms with Gasteiger partial charge in [0.25, 0.3) is 0 Å². The number of carbonyl (C=O) groups is 2. The highest BCUT2D eigenvalue weighted by Crippen LogP contribution is 2.28. The lowest BCUT2D eigenvalue weighted by atomic mass is 9.89. The zero-order chi connectivity index (χ0) is 15.3. The van der Waals surface area contributed by atoms with E-state index in [2.05, 4.69) is 5.32 Å². The Hall–Kier alpha value is -1.88. The predicted octanol–water partition coefficient (Wildman–Crippen LogP) is 1.98. The molecule has 0 spiro atoms. The van der Waals surface area contributed by atoms with Gasteiger partial charge >= 0.3 is 5.97 Å². The lowest BCUT2D eigenvalue weighted by Crippen LogP contribution is -2.56. The van der Waals surface area contributed by atoms with Crippen LogP contribution in [0, 0.1) is 0 Å². The number of nitrogens with two attached hydrogens (primary N) is 1. The van der Waals surface area contributed by atoms with Gasteiger partial charge in [-0.25, -0.2) is 4.79 Å². The van der Waals surface area contributed by atoms with Crippen molar-refractivity contribution in [1.29, 1.82) is 0 Å². The monoisotopic (exact) mass is 290 g/mol. The lowest BCUT2D eigenvalue weighted by molar-refractivity contribution is -0.148. The first-order valence-corrected chi connectivity index (χ1v) is 7.41. The smallest absolute Gasteiger partial charge is 0.329 e. The van der Waals surface area contributed by atoms with Gasteiger partial charge in [-0.3, -0.25) is 4.79 Å². The van der Waals surface area contributed by atoms with Crippen molar-refractivity contribution in [3.8, 4) is 0 Å². The number of nitrogens with one attached hydrogen (secondary N) is 1. The molecule has 0 heterocycles. The third-order valence-corrected chi connectivity index (χ3v) is 4.17. The summed E-state index contributed by atoms with van der Waals surface area (Å²) in [4.78, 5) is 24.0. The highest BCUT2D eigenvalue weighted by Gasteiger charge is 2.40. The van der Waals surface area contributed by atoms with Gasteiger partial charge in [-0.05, 0) is 18.4 Å². The molecule has 1 aliphatic rings. The molecule has 0 aliphatic heterocycles. The summed E-state index contributed by atoms with van der Waals surface area (Å²) in [7, 11) is 0. The van der Waals surface area contributed by atoms with Crippen molar-refractivity contribution < 1.29 is 14.7 Å². The number of carbonyl (C=O) groups excluding carboxylic acids is 1. The van der Waals surface area contributed by atoms with Crippen LogP contribution >= 0.6 is 0 Å². The van der Waals surface area contributed by atoms with E-state index in [0.29, 0.717) is 18.4 Å². The first-order chi connectivity index (χ1) is 10.1. The fourth-order valence-corrected chi connectivity index (χ4v) is 2.85. The van der Waals surface area contributed by atoms with Crippen LogP contribution in [0.5, 0.6) is 0 Å². The molecule has 4 N–H and O–H groups in total. The summed E-state index contributed by atoms with van der Waals surface area (Å²) in [6.07, 6.45) is 4.58. The molecule has 1 unspecified atom stereocenters. The fourth-order valence-electron chi connectivity index (χ4n) is 2.85. The van der Waals surface area contributed by atoms with Crippen molar-refractivity contribution >= 4 is 11.9 Å². The second kappa shape index (κ2) is 6.72. The molecule has 1 fully saturated rings. The van der Waals surface area contributed by atoms with Gasteiger partial charge in [-0.2, -0.15) is 0 Å². The minimum atomic E-state index is -1.17. The van der Waals surface area contributed by atoms with E-state index in [9.17, 15) is 14.7 Å². The molecule has 1 saturated carbocycles. The molecule has 114 valence electrons. The third-order valence-electron chi connectivity index (χ3n) is 4.17. The maximum atomic E-state index is 12.3. The van der Waals surface area contributed by atoms with Gasteiger partial charge in [-0.15, -0.1) is 0 Å². The van der Waals surface area contributed by atoms with E-state index in [1.807, 2.05) is 6.07 Å². The van der Waals surface area contributed by atoms with E-state index in [1.165, 1.54) is 0 Å². The van der Waals surface area contributed by atoms with Gasteiger partial charge in [0.2, 0.25) is 5.91 Å². The minimum Gasteiger partial charge on any atom is -0.480 e. The molecule has 5 nitrogen and oxygen atoms in total. The first-order valence-electron chi connectivity index (χ1n) is 7.41. The second-order valence-electron chi connectivity index (χ2n) is 5.68. The molecule has 1 aromatic carbocycles. The summed E-state index contributed by atoms with van der Waals surface area (Å²) in [6, 6.07) is 8.15. The number of carboxylic acids is 1. The van der Waals surface area contributed by atoms with E-state index in [0.717, 1.165) is 25.7 Å². The SMILES string of the molecule is NC(C(=O)NC1(C(=O)O)CCCCCC1)c1ccccc1. The van der Waals surface area contributed by atoms with Crippen molar-refractivity contribution in [3.05, 3.63) is 35.9 Å². The summed E-state index contributed by atoms with van der Waals surface area (Å²) in [5.41, 5.74) is 5.47. The average Bonchev–Trinajstić information content (AvgIpc) is 2.74. The van der Waals surface area contributed by atoms with E-state index in [4.69, 9.17) is 5.73 Å². The standard InChI is InChI=1S/C16H22N2O3/c17-13(12-8-4-3-5-9-12)14(19)18-16(15(20)21)10-6-1-2-7-11-16/h3-5,8-9,13H,1-2,6-7,10-11,17H2,(H,18,19)(H,20,21). The maximum absolute atomic E-state index is 12.3. The predicted molar refractivity (Wildman–Crippen MR) is 79.6 cm³/mol. The van der Waals surface area contributed by atoms with E-state index < -0.39 is 23.5 Å². The van der Waals surface area contributed by atoms with Crippen LogP contribution < -0.4 is 11.1 Å². The normalized spacial score (nSPS) is 19.3. The topological polar surface area (TPSA) is 92.4 Å². The van der Waals surface area contributed by atoms with Crippen molar-refractivity contribution in [2.75, 3.05) is 0 Å². The molecule has 1 aromatic rings. The molecule has 0 aromatic heterocycles. The summed E-state index contributed by atoms with van der Waals surface area (Å²) in [5.74, 6) is -1.39. The second-order valence-corrected chi connectivity index (χ2v) is 5.68. The minimum absolute atomic E-state index is 0.425. The fraction of sp³-hybridized carbons (Fsp3) is 0.500. The van der Waals surface area contributed by atoms with Crippen LogP contribution in [-0.2, 0) is 9.59 Å². The third kappa shape index (κ3) is 3.61. The lowest BCUT2D eigenvalue weighted by Gasteiger charge is -2.30. The largest absolute Gasteiger partial charge is 0.480 e. The number of rotatable bonds is 4. The van der Waals surface area contributed by atoms with Crippen molar-refractivity contribution in [1.82, 2.24) is 5.32 Å². The molecule has 21 heavy (non-hydrogen) atoms. The Labute approximate surface area is 124 Å². The van der Waals surface area contributed by atoms with Gasteiger partial charge < -0.3 is 16.2 Å². The van der Waals surface area contributed by atoms with Gasteiger partial charge in [0.1, 0.15) is 11.6 Å². The Kier molecular flexibility index (Phi) is 4.96. The average molecular weight is 290 g/mol. The van der Waals surface area contributed by atoms with E-state index >= 15 is 0 Å². The van der Waals surface area contributed by atoms with Crippen LogP contribution in [-0.4, -0.2) is 22.5 Å². The molecule has 0 saturated heterocycles. The Morgan fingerprint density at radius 2 is 1.67 bits per heavy atom. The van der Waals surface area contributed by atoms with Crippen LogP contribution in [0.3, 0.4) is 0 Å². The van der Waals surface area contributed by atoms with Crippen LogP contribution in [0.25, 0.3) is 0 Å². The molecule has 1 amide bonds. The maximum Gasteiger partial charge on any atom is 0.329 e. The zero-order valence-electron chi connectivity index (χ0n) is 12.0. The number of aliphatic carboxylic acids is 1. The summed E-state index contributed by atoms with van der Waals surface area (Å²) in [5, 5.41) is 12.3. The summed E-state index contributed by atoms with van der Waals surface area (Å²) < 4.78 is 0. The molecular formula is C16H22N2O3. The molecule has 5 heteroatoms. The first kappa shape index (κ1) is 15.5. The molecular weight excluding hydrogens is 268 g/mol. The Morgan fingerprint density at radius 3 is 2.19 bits per heavy atom. The number of carboxylic acid groups (broad SMARTS) is 1. The Morgan fingerprint density at radius 1 is 1.10 bits per heavy atom. The zero-order valence-corrected chi connectivity index (χ0v) is 12.0. The molecule has 2 rings (SSSR count). The Bertz CT molecular complexity index is 494. The molecule has 1 aliphatic carbocycles. The van der Waals surface area contributed by atoms with Crippen LogP contribution in [0.4, 0.5) is 0 Å². The number of hydrogen-bond donors (Lipinski definition) is 3. The van der Waals surface area contributed by atoms with Crippen molar-refractivity contribution in [3.63, 3.8) is 0 Å². The molecule has 1 atom stereocenters. The van der Waals surface area contributed by atoms with E-state index in [1.54, 1.807) is 24.3 Å². The van der Waals surface area contributed by atoms with Gasteiger partial charge in [0, 0.05) is 0 Å². The van der Waals surface area contributed by atoms with Crippen LogP contribution in [0.15, 0.2) is 30.3 Å². The van der Waals surface area contributed by atoms with Gasteiger partial charge in [0.05, 0.1) is 0 Å². The van der Waals surface area contributed by atoms with Crippen LogP contribution in [0.1, 0.15) is 50.1 Å².